The molecule has 132 valence electrons. The van der Waals surface area contributed by atoms with Gasteiger partial charge in [0.2, 0.25) is 5.88 Å². The maximum Gasteiger partial charge on any atom is 0.214 e. The van der Waals surface area contributed by atoms with Gasteiger partial charge in [0, 0.05) is 42.1 Å². The summed E-state index contributed by atoms with van der Waals surface area (Å²) in [7, 11) is 0. The van der Waals surface area contributed by atoms with Gasteiger partial charge in [-0.25, -0.2) is 13.8 Å². The molecule has 2 fully saturated rings. The molecule has 1 aliphatic heterocycles. The lowest BCUT2D eigenvalue weighted by molar-refractivity contribution is 0.0739. The van der Waals surface area contributed by atoms with Crippen molar-refractivity contribution in [3.05, 3.63) is 47.5 Å². The van der Waals surface area contributed by atoms with Crippen LogP contribution in [0.1, 0.15) is 19.4 Å². The van der Waals surface area contributed by atoms with Crippen LogP contribution < -0.4 is 10.1 Å². The average molecular weight is 346 g/mol. The zero-order valence-electron chi connectivity index (χ0n) is 14.1. The van der Waals surface area contributed by atoms with E-state index in [1.807, 2.05) is 0 Å². The van der Waals surface area contributed by atoms with Crippen LogP contribution in [-0.2, 0) is 5.60 Å². The molecule has 1 aliphatic carbocycles. The Morgan fingerprint density at radius 3 is 2.40 bits per heavy atom. The molecular weight excluding hydrogens is 326 g/mol. The summed E-state index contributed by atoms with van der Waals surface area (Å²) >= 11 is 0. The van der Waals surface area contributed by atoms with E-state index in [4.69, 9.17) is 4.74 Å². The minimum absolute atomic E-state index is 0.0542. The van der Waals surface area contributed by atoms with Crippen LogP contribution in [0.25, 0.3) is 11.3 Å². The molecule has 2 heterocycles. The Morgan fingerprint density at radius 1 is 1.16 bits per heavy atom. The van der Waals surface area contributed by atoms with Gasteiger partial charge in [-0.15, -0.1) is 0 Å². The molecule has 4 nitrogen and oxygen atoms in total. The average Bonchev–Trinajstić information content (AvgIpc) is 2.98. The molecule has 0 spiro atoms. The van der Waals surface area contributed by atoms with Gasteiger partial charge in [0.1, 0.15) is 17.6 Å². The molecule has 2 aromatic rings. The summed E-state index contributed by atoms with van der Waals surface area (Å²) in [6.45, 7) is 4.86. The first-order chi connectivity index (χ1) is 11.8. The molecule has 1 saturated carbocycles. The molecule has 0 bridgehead atoms. The zero-order valence-corrected chi connectivity index (χ0v) is 14.1. The Balaban J connectivity index is 1.74. The van der Waals surface area contributed by atoms with Crippen molar-refractivity contribution in [2.75, 3.05) is 13.1 Å². The number of halogens is 2. The molecule has 1 aromatic heterocycles. The lowest BCUT2D eigenvalue weighted by atomic mass is 9.96. The fourth-order valence-corrected chi connectivity index (χ4v) is 3.49. The number of aromatic nitrogens is 1. The zero-order chi connectivity index (χ0) is 17.8. The summed E-state index contributed by atoms with van der Waals surface area (Å²) in [6, 6.07) is 6.90. The smallest absolute Gasteiger partial charge is 0.214 e. The SMILES string of the molecule is CC(C)(O)c1cc(OC2C3CNCC32)nc(-c2ccc(F)cc2)c1F. The fraction of sp³-hybridized carbons (Fsp3) is 0.421. The molecule has 1 aromatic carbocycles. The van der Waals surface area contributed by atoms with Crippen LogP contribution in [-0.4, -0.2) is 29.3 Å². The minimum Gasteiger partial charge on any atom is -0.474 e. The third kappa shape index (κ3) is 3.00. The van der Waals surface area contributed by atoms with Crippen molar-refractivity contribution in [1.82, 2.24) is 10.3 Å². The molecule has 4 rings (SSSR count). The van der Waals surface area contributed by atoms with Crippen LogP contribution in [0.3, 0.4) is 0 Å². The van der Waals surface area contributed by atoms with Crippen LogP contribution >= 0.6 is 0 Å². The van der Waals surface area contributed by atoms with E-state index >= 15 is 0 Å². The number of piperidine rings is 1. The third-order valence-electron chi connectivity index (χ3n) is 4.98. The topological polar surface area (TPSA) is 54.4 Å². The standard InChI is InChI=1S/C19H20F2N2O2/c1-19(2,24)14-7-15(25-18-12-8-22-9-13(12)18)23-17(16(14)21)10-3-5-11(20)6-4-10/h3-7,12-13,18,22,24H,8-9H2,1-2H3. The largest absolute Gasteiger partial charge is 0.474 e. The molecule has 2 N–H and O–H groups in total. The highest BCUT2D eigenvalue weighted by Crippen LogP contribution is 2.45. The Kier molecular flexibility index (Phi) is 3.77. The number of fused-ring (bicyclic) bond motifs is 1. The first-order valence-corrected chi connectivity index (χ1v) is 8.41. The number of nitrogens with one attached hydrogen (secondary N) is 1. The highest BCUT2D eigenvalue weighted by molar-refractivity contribution is 5.62. The van der Waals surface area contributed by atoms with Gasteiger partial charge in [0.05, 0.1) is 5.60 Å². The van der Waals surface area contributed by atoms with Gasteiger partial charge in [0.15, 0.2) is 5.82 Å². The quantitative estimate of drug-likeness (QED) is 0.894. The summed E-state index contributed by atoms with van der Waals surface area (Å²) in [5.74, 6) is 0.192. The molecule has 1 saturated heterocycles. The van der Waals surface area contributed by atoms with Gasteiger partial charge in [-0.3, -0.25) is 0 Å². The van der Waals surface area contributed by atoms with Gasteiger partial charge >= 0.3 is 0 Å². The molecular formula is C19H20F2N2O2. The summed E-state index contributed by atoms with van der Waals surface area (Å²) in [6.07, 6.45) is 0.0786. The second kappa shape index (κ2) is 5.75. The Morgan fingerprint density at radius 2 is 1.80 bits per heavy atom. The van der Waals surface area contributed by atoms with E-state index < -0.39 is 17.2 Å². The predicted octanol–water partition coefficient (Wildman–Crippen LogP) is 2.85. The van der Waals surface area contributed by atoms with Crippen molar-refractivity contribution >= 4 is 0 Å². The van der Waals surface area contributed by atoms with E-state index in [2.05, 4.69) is 10.3 Å². The monoisotopic (exact) mass is 346 g/mol. The van der Waals surface area contributed by atoms with Gasteiger partial charge < -0.3 is 15.2 Å². The third-order valence-corrected chi connectivity index (χ3v) is 4.98. The van der Waals surface area contributed by atoms with E-state index in [1.165, 1.54) is 44.2 Å². The molecule has 0 amide bonds. The first-order valence-electron chi connectivity index (χ1n) is 8.41. The highest BCUT2D eigenvalue weighted by atomic mass is 19.1. The van der Waals surface area contributed by atoms with Gasteiger partial charge in [0.25, 0.3) is 0 Å². The van der Waals surface area contributed by atoms with Crippen molar-refractivity contribution in [3.63, 3.8) is 0 Å². The van der Waals surface area contributed by atoms with Crippen molar-refractivity contribution < 1.29 is 18.6 Å². The number of hydrogen-bond donors (Lipinski definition) is 2. The second-order valence-electron chi connectivity index (χ2n) is 7.30. The molecule has 6 heteroatoms. The summed E-state index contributed by atoms with van der Waals surface area (Å²) < 4.78 is 34.1. The van der Waals surface area contributed by atoms with Crippen molar-refractivity contribution in [3.8, 4) is 17.1 Å². The van der Waals surface area contributed by atoms with Gasteiger partial charge in [-0.1, -0.05) is 0 Å². The second-order valence-corrected chi connectivity index (χ2v) is 7.30. The molecule has 0 radical (unpaired) electrons. The van der Waals surface area contributed by atoms with E-state index in [1.54, 1.807) is 0 Å². The number of ether oxygens (including phenoxy) is 1. The van der Waals surface area contributed by atoms with E-state index in [0.717, 1.165) is 13.1 Å². The Labute approximate surface area is 144 Å². The van der Waals surface area contributed by atoms with Crippen LogP contribution in [0.15, 0.2) is 30.3 Å². The van der Waals surface area contributed by atoms with Gasteiger partial charge in [-0.2, -0.15) is 0 Å². The molecule has 2 unspecified atom stereocenters. The minimum atomic E-state index is -1.39. The summed E-state index contributed by atoms with van der Waals surface area (Å²) in [5.41, 5.74) is -0.784. The van der Waals surface area contributed by atoms with E-state index in [-0.39, 0.29) is 23.2 Å². The predicted molar refractivity (Wildman–Crippen MR) is 89.1 cm³/mol. The van der Waals surface area contributed by atoms with E-state index in [9.17, 15) is 13.9 Å². The van der Waals surface area contributed by atoms with E-state index in [0.29, 0.717) is 17.4 Å². The molecule has 2 atom stereocenters. The maximum absolute atomic E-state index is 14.9. The number of aliphatic hydroxyl groups is 1. The number of nitrogens with zero attached hydrogens (tertiary/aromatic N) is 1. The van der Waals surface area contributed by atoms with Gasteiger partial charge in [-0.05, 0) is 38.1 Å². The van der Waals surface area contributed by atoms with Crippen molar-refractivity contribution in [1.29, 1.82) is 0 Å². The van der Waals surface area contributed by atoms with Crippen molar-refractivity contribution in [2.24, 2.45) is 11.8 Å². The molecule has 2 aliphatic rings. The molecule has 25 heavy (non-hydrogen) atoms. The normalized spacial score (nSPS) is 24.9. The Hall–Kier alpha value is -2.05. The van der Waals surface area contributed by atoms with Crippen LogP contribution in [0, 0.1) is 23.5 Å². The lowest BCUT2D eigenvalue weighted by Crippen LogP contribution is -2.22. The fourth-order valence-electron chi connectivity index (χ4n) is 3.49. The highest BCUT2D eigenvalue weighted by Gasteiger charge is 2.55. The number of rotatable bonds is 4. The summed E-state index contributed by atoms with van der Waals surface area (Å²) in [5, 5.41) is 13.6. The first kappa shape index (κ1) is 16.4. The Bertz CT molecular complexity index is 792. The maximum atomic E-state index is 14.9. The number of hydrogen-bond acceptors (Lipinski definition) is 4. The number of pyridine rings is 1. The number of benzene rings is 1. The van der Waals surface area contributed by atoms with Crippen LogP contribution in [0.5, 0.6) is 5.88 Å². The van der Waals surface area contributed by atoms with Crippen LogP contribution in [0.4, 0.5) is 8.78 Å². The van der Waals surface area contributed by atoms with Crippen LogP contribution in [0.2, 0.25) is 0 Å². The summed E-state index contributed by atoms with van der Waals surface area (Å²) in [4.78, 5) is 4.30. The lowest BCUT2D eigenvalue weighted by Gasteiger charge is -2.21. The van der Waals surface area contributed by atoms with Crippen molar-refractivity contribution in [2.45, 2.75) is 25.6 Å².